The Kier molecular flexibility index (Phi) is 3.34. The van der Waals surface area contributed by atoms with Crippen molar-refractivity contribution in [2.24, 2.45) is 0 Å². The highest BCUT2D eigenvalue weighted by Gasteiger charge is 2.11. The number of hydrogen-bond donors (Lipinski definition) is 0. The van der Waals surface area contributed by atoms with E-state index in [9.17, 15) is 0 Å². The first kappa shape index (κ1) is 13.6. The van der Waals surface area contributed by atoms with Crippen molar-refractivity contribution in [3.05, 3.63) is 54.6 Å². The van der Waals surface area contributed by atoms with Crippen molar-refractivity contribution in [1.29, 1.82) is 0 Å². The number of nitrogens with zero attached hydrogens (tertiary/aromatic N) is 6. The van der Waals surface area contributed by atoms with Gasteiger partial charge < -0.3 is 0 Å². The van der Waals surface area contributed by atoms with Gasteiger partial charge in [0.05, 0.1) is 17.1 Å². The number of aromatic nitrogens is 6. The molecule has 1 unspecified atom stereocenters. The van der Waals surface area contributed by atoms with Crippen LogP contribution in [0.25, 0.3) is 28.3 Å². The highest BCUT2D eigenvalue weighted by Crippen LogP contribution is 2.20. The fourth-order valence-corrected chi connectivity index (χ4v) is 2.70. The van der Waals surface area contributed by atoms with Gasteiger partial charge in [-0.15, -0.1) is 10.2 Å². The second kappa shape index (κ2) is 5.64. The van der Waals surface area contributed by atoms with Gasteiger partial charge in [0.25, 0.3) is 0 Å². The molecule has 2 heterocycles. The molecule has 0 saturated heterocycles. The van der Waals surface area contributed by atoms with Gasteiger partial charge in [-0.05, 0) is 36.8 Å². The molecule has 6 heteroatoms. The molecular weight excluding hydrogens is 288 g/mol. The van der Waals surface area contributed by atoms with Crippen LogP contribution in [0.1, 0.15) is 19.4 Å². The zero-order valence-electron chi connectivity index (χ0n) is 12.7. The van der Waals surface area contributed by atoms with Crippen molar-refractivity contribution in [3.8, 4) is 0 Å². The molecule has 2 aromatic carbocycles. The molecule has 0 amide bonds. The number of fused-ring (bicyclic) bond motifs is 2. The minimum Gasteiger partial charge on any atom is -0.238 e. The van der Waals surface area contributed by atoms with Crippen LogP contribution >= 0.6 is 0 Å². The van der Waals surface area contributed by atoms with Crippen molar-refractivity contribution in [1.82, 2.24) is 30.0 Å². The van der Waals surface area contributed by atoms with Crippen LogP contribution in [-0.4, -0.2) is 30.0 Å². The van der Waals surface area contributed by atoms with Crippen molar-refractivity contribution < 1.29 is 0 Å². The molecule has 0 aliphatic rings. The van der Waals surface area contributed by atoms with Gasteiger partial charge in [0.1, 0.15) is 11.0 Å². The van der Waals surface area contributed by atoms with Crippen LogP contribution in [0.15, 0.2) is 54.6 Å². The largest absolute Gasteiger partial charge is 0.238 e. The number of allylic oxidation sites excluding steroid dienone is 1. The van der Waals surface area contributed by atoms with Gasteiger partial charge in [0.2, 0.25) is 0 Å². The lowest BCUT2D eigenvalue weighted by atomic mass is 10.2. The molecule has 0 saturated carbocycles. The SMILES string of the molecule is CCC(/C=C/n1nnc2ccccc21)n1nnc2ccccc21. The van der Waals surface area contributed by atoms with Gasteiger partial charge in [-0.1, -0.05) is 41.6 Å². The zero-order valence-corrected chi connectivity index (χ0v) is 12.7. The van der Waals surface area contributed by atoms with Crippen LogP contribution in [0.2, 0.25) is 0 Å². The fraction of sp³-hybridized carbons (Fsp3) is 0.176. The van der Waals surface area contributed by atoms with E-state index in [-0.39, 0.29) is 6.04 Å². The van der Waals surface area contributed by atoms with Crippen LogP contribution in [0, 0.1) is 0 Å². The molecule has 6 nitrogen and oxygen atoms in total. The maximum absolute atomic E-state index is 4.30. The van der Waals surface area contributed by atoms with E-state index in [0.717, 1.165) is 28.5 Å². The van der Waals surface area contributed by atoms with E-state index in [4.69, 9.17) is 0 Å². The monoisotopic (exact) mass is 304 g/mol. The number of benzene rings is 2. The summed E-state index contributed by atoms with van der Waals surface area (Å²) >= 11 is 0. The van der Waals surface area contributed by atoms with Crippen LogP contribution in [-0.2, 0) is 0 Å². The molecule has 4 rings (SSSR count). The fourth-order valence-electron chi connectivity index (χ4n) is 2.70. The Bertz CT molecular complexity index is 981. The summed E-state index contributed by atoms with van der Waals surface area (Å²) in [6.45, 7) is 2.13. The van der Waals surface area contributed by atoms with E-state index in [2.05, 4.69) is 33.6 Å². The molecule has 23 heavy (non-hydrogen) atoms. The van der Waals surface area contributed by atoms with Gasteiger partial charge in [-0.2, -0.15) is 0 Å². The van der Waals surface area contributed by atoms with Crippen molar-refractivity contribution >= 4 is 28.3 Å². The van der Waals surface area contributed by atoms with Gasteiger partial charge in [-0.25, -0.2) is 9.36 Å². The smallest absolute Gasteiger partial charge is 0.113 e. The molecule has 0 aliphatic carbocycles. The van der Waals surface area contributed by atoms with Crippen LogP contribution in [0.5, 0.6) is 0 Å². The van der Waals surface area contributed by atoms with E-state index >= 15 is 0 Å². The Morgan fingerprint density at radius 2 is 1.57 bits per heavy atom. The van der Waals surface area contributed by atoms with Crippen molar-refractivity contribution in [2.45, 2.75) is 19.4 Å². The lowest BCUT2D eigenvalue weighted by molar-refractivity contribution is 0.522. The third-order valence-electron chi connectivity index (χ3n) is 3.94. The third kappa shape index (κ3) is 2.38. The summed E-state index contributed by atoms with van der Waals surface area (Å²) in [5, 5.41) is 16.9. The van der Waals surface area contributed by atoms with Gasteiger partial charge in [-0.3, -0.25) is 0 Å². The van der Waals surface area contributed by atoms with Gasteiger partial charge in [0, 0.05) is 6.20 Å². The topological polar surface area (TPSA) is 61.4 Å². The number of para-hydroxylation sites is 2. The van der Waals surface area contributed by atoms with E-state index in [1.54, 1.807) is 4.68 Å². The van der Waals surface area contributed by atoms with Gasteiger partial charge in [0.15, 0.2) is 0 Å². The van der Waals surface area contributed by atoms with Crippen molar-refractivity contribution in [2.75, 3.05) is 0 Å². The summed E-state index contributed by atoms with van der Waals surface area (Å²) in [5.74, 6) is 0. The minimum absolute atomic E-state index is 0.116. The predicted octanol–water partition coefficient (Wildman–Crippen LogP) is 3.30. The molecule has 2 aromatic heterocycles. The predicted molar refractivity (Wildman–Crippen MR) is 89.7 cm³/mol. The maximum atomic E-state index is 4.30. The first-order valence-corrected chi connectivity index (χ1v) is 7.65. The van der Waals surface area contributed by atoms with E-state index in [0.29, 0.717) is 0 Å². The Labute approximate surface area is 133 Å². The average Bonchev–Trinajstić information content (AvgIpc) is 3.20. The lowest BCUT2D eigenvalue weighted by Gasteiger charge is -2.11. The maximum Gasteiger partial charge on any atom is 0.113 e. The summed E-state index contributed by atoms with van der Waals surface area (Å²) in [7, 11) is 0. The molecule has 0 spiro atoms. The Morgan fingerprint density at radius 3 is 2.35 bits per heavy atom. The summed E-state index contributed by atoms with van der Waals surface area (Å²) in [6.07, 6.45) is 4.94. The zero-order chi connectivity index (χ0) is 15.6. The van der Waals surface area contributed by atoms with E-state index in [1.807, 2.05) is 59.4 Å². The molecule has 0 bridgehead atoms. The number of hydrogen-bond acceptors (Lipinski definition) is 4. The minimum atomic E-state index is 0.116. The Balaban J connectivity index is 1.70. The highest BCUT2D eigenvalue weighted by atomic mass is 15.4. The Morgan fingerprint density at radius 1 is 0.913 bits per heavy atom. The van der Waals surface area contributed by atoms with Crippen LogP contribution in [0.3, 0.4) is 0 Å². The van der Waals surface area contributed by atoms with Crippen LogP contribution in [0.4, 0.5) is 0 Å². The molecule has 0 aliphatic heterocycles. The summed E-state index contributed by atoms with van der Waals surface area (Å²) in [6, 6.07) is 16.0. The molecule has 0 fully saturated rings. The molecule has 4 aromatic rings. The van der Waals surface area contributed by atoms with E-state index in [1.165, 1.54) is 0 Å². The molecular formula is C17H16N6. The van der Waals surface area contributed by atoms with Crippen LogP contribution < -0.4 is 0 Å². The number of rotatable bonds is 4. The summed E-state index contributed by atoms with van der Waals surface area (Å²) in [4.78, 5) is 0. The lowest BCUT2D eigenvalue weighted by Crippen LogP contribution is -2.07. The molecule has 114 valence electrons. The molecule has 1 atom stereocenters. The standard InChI is InChI=1S/C17H16N6/c1-2-13(23-17-10-6-4-8-15(17)19-21-23)11-12-22-16-9-5-3-7-14(16)18-20-22/h3-13H,2H2,1H3/b12-11+. The van der Waals surface area contributed by atoms with E-state index < -0.39 is 0 Å². The second-order valence-corrected chi connectivity index (χ2v) is 5.36. The second-order valence-electron chi connectivity index (χ2n) is 5.36. The molecule has 0 N–H and O–H groups in total. The van der Waals surface area contributed by atoms with Gasteiger partial charge >= 0.3 is 0 Å². The average molecular weight is 304 g/mol. The third-order valence-corrected chi connectivity index (χ3v) is 3.94. The summed E-state index contributed by atoms with van der Waals surface area (Å²) < 4.78 is 3.74. The molecule has 0 radical (unpaired) electrons. The first-order valence-electron chi connectivity index (χ1n) is 7.65. The quantitative estimate of drug-likeness (QED) is 0.580. The summed E-state index contributed by atoms with van der Waals surface area (Å²) in [5.41, 5.74) is 3.82. The Hall–Kier alpha value is -3.02. The van der Waals surface area contributed by atoms with Crippen molar-refractivity contribution in [3.63, 3.8) is 0 Å². The highest BCUT2D eigenvalue weighted by molar-refractivity contribution is 5.76. The first-order chi connectivity index (χ1) is 11.4. The normalized spacial score (nSPS) is 13.3.